The van der Waals surface area contributed by atoms with Gasteiger partial charge in [-0.3, -0.25) is 4.79 Å². The molecule has 116 valence electrons. The molecule has 0 aromatic heterocycles. The minimum atomic E-state index is 0.177. The van der Waals surface area contributed by atoms with Gasteiger partial charge in [-0.15, -0.1) is 0 Å². The molecule has 0 N–H and O–H groups in total. The molecule has 1 aliphatic carbocycles. The normalized spacial score (nSPS) is 18.6. The summed E-state index contributed by atoms with van der Waals surface area (Å²) in [6.45, 7) is 0. The molecule has 23 heavy (non-hydrogen) atoms. The van der Waals surface area contributed by atoms with Crippen LogP contribution in [0, 0.1) is 0 Å². The predicted octanol–water partition coefficient (Wildman–Crippen LogP) is 6.43. The van der Waals surface area contributed by atoms with Crippen molar-refractivity contribution in [2.24, 2.45) is 0 Å². The van der Waals surface area contributed by atoms with E-state index in [1.54, 1.807) is 0 Å². The van der Waals surface area contributed by atoms with Gasteiger partial charge in [0.1, 0.15) is 0 Å². The van der Waals surface area contributed by atoms with Crippen molar-refractivity contribution < 1.29 is 4.79 Å². The number of hydrogen-bond acceptors (Lipinski definition) is 1. The highest BCUT2D eigenvalue weighted by atomic mass is 79.9. The summed E-state index contributed by atoms with van der Waals surface area (Å²) in [6, 6.07) is 16.1. The van der Waals surface area contributed by atoms with Gasteiger partial charge >= 0.3 is 0 Å². The fourth-order valence-corrected chi connectivity index (χ4v) is 3.61. The van der Waals surface area contributed by atoms with Gasteiger partial charge in [0.2, 0.25) is 0 Å². The largest absolute Gasteiger partial charge is 0.289 e. The van der Waals surface area contributed by atoms with Crippen molar-refractivity contribution in [3.05, 3.63) is 79.7 Å². The molecule has 0 radical (unpaired) electrons. The molecule has 1 saturated carbocycles. The van der Waals surface area contributed by atoms with E-state index in [2.05, 4.69) is 31.9 Å². The maximum atomic E-state index is 12.7. The molecule has 1 aliphatic rings. The van der Waals surface area contributed by atoms with E-state index in [0.29, 0.717) is 0 Å². The third-order valence-electron chi connectivity index (χ3n) is 3.85. The van der Waals surface area contributed by atoms with Crippen LogP contribution in [0.2, 0.25) is 0 Å². The van der Waals surface area contributed by atoms with Gasteiger partial charge in [0.05, 0.1) is 0 Å². The van der Waals surface area contributed by atoms with Crippen LogP contribution in [0.4, 0.5) is 0 Å². The van der Waals surface area contributed by atoms with Crippen LogP contribution in [-0.4, -0.2) is 5.78 Å². The Morgan fingerprint density at radius 1 is 0.783 bits per heavy atom. The predicted molar refractivity (Wildman–Crippen MR) is 103 cm³/mol. The van der Waals surface area contributed by atoms with Crippen LogP contribution in [0.15, 0.2) is 68.6 Å². The zero-order valence-electron chi connectivity index (χ0n) is 12.6. The van der Waals surface area contributed by atoms with Crippen LogP contribution < -0.4 is 0 Å². The molecule has 0 bridgehead atoms. The number of carbonyl (C=O) groups is 1. The van der Waals surface area contributed by atoms with Crippen molar-refractivity contribution in [2.45, 2.75) is 19.3 Å². The Bertz CT molecular complexity index is 737. The number of halogens is 2. The number of allylic oxidation sites excluding steroid dienone is 2. The molecule has 0 amide bonds. The van der Waals surface area contributed by atoms with Gasteiger partial charge in [-0.1, -0.05) is 56.1 Å². The lowest BCUT2D eigenvalue weighted by Gasteiger charge is -2.16. The van der Waals surface area contributed by atoms with Crippen molar-refractivity contribution in [3.8, 4) is 0 Å². The monoisotopic (exact) mass is 430 g/mol. The van der Waals surface area contributed by atoms with Gasteiger partial charge in [0.25, 0.3) is 0 Å². The minimum absolute atomic E-state index is 0.177. The standard InChI is InChI=1S/C20H16Br2O/c21-18-8-1-4-14(12-18)10-16-6-3-7-17(20(16)23)11-15-5-2-9-19(22)13-15/h1-2,4-5,8-13H,3,6-7H2/b16-10-,17-11-. The third kappa shape index (κ3) is 4.30. The first kappa shape index (κ1) is 16.4. The molecule has 1 nitrogen and oxygen atoms in total. The van der Waals surface area contributed by atoms with Gasteiger partial charge in [0, 0.05) is 20.1 Å². The van der Waals surface area contributed by atoms with E-state index >= 15 is 0 Å². The van der Waals surface area contributed by atoms with E-state index in [0.717, 1.165) is 50.5 Å². The van der Waals surface area contributed by atoms with E-state index in [4.69, 9.17) is 0 Å². The van der Waals surface area contributed by atoms with E-state index in [1.807, 2.05) is 60.7 Å². The lowest BCUT2D eigenvalue weighted by Crippen LogP contribution is -2.12. The molecule has 2 aromatic carbocycles. The second-order valence-electron chi connectivity index (χ2n) is 5.63. The first-order valence-corrected chi connectivity index (χ1v) is 9.17. The van der Waals surface area contributed by atoms with Crippen LogP contribution in [0.25, 0.3) is 12.2 Å². The summed E-state index contributed by atoms with van der Waals surface area (Å²) in [5, 5.41) is 0. The molecular formula is C20H16Br2O. The molecular weight excluding hydrogens is 416 g/mol. The molecule has 0 heterocycles. The van der Waals surface area contributed by atoms with E-state index in [9.17, 15) is 4.79 Å². The summed E-state index contributed by atoms with van der Waals surface area (Å²) in [5.74, 6) is 0.177. The first-order valence-electron chi connectivity index (χ1n) is 7.59. The van der Waals surface area contributed by atoms with Gasteiger partial charge in [-0.2, -0.15) is 0 Å². The summed E-state index contributed by atoms with van der Waals surface area (Å²) < 4.78 is 2.06. The quantitative estimate of drug-likeness (QED) is 0.500. The lowest BCUT2D eigenvalue weighted by molar-refractivity contribution is -0.112. The Labute approximate surface area is 153 Å². The summed E-state index contributed by atoms with van der Waals surface area (Å²) in [5.41, 5.74) is 3.92. The fraction of sp³-hybridized carbons (Fsp3) is 0.150. The van der Waals surface area contributed by atoms with Crippen molar-refractivity contribution >= 4 is 49.8 Å². The highest BCUT2D eigenvalue weighted by Crippen LogP contribution is 2.28. The summed E-state index contributed by atoms with van der Waals surface area (Å²) >= 11 is 6.95. The van der Waals surface area contributed by atoms with Gasteiger partial charge in [-0.25, -0.2) is 0 Å². The van der Waals surface area contributed by atoms with Crippen LogP contribution in [-0.2, 0) is 4.79 Å². The first-order chi connectivity index (χ1) is 11.1. The van der Waals surface area contributed by atoms with Crippen LogP contribution >= 0.6 is 31.9 Å². The molecule has 0 aliphatic heterocycles. The number of rotatable bonds is 2. The number of ketones is 1. The molecule has 0 spiro atoms. The Balaban J connectivity index is 1.89. The Hall–Kier alpha value is -1.45. The van der Waals surface area contributed by atoms with Crippen molar-refractivity contribution in [1.82, 2.24) is 0 Å². The number of benzene rings is 2. The number of carbonyl (C=O) groups excluding carboxylic acids is 1. The maximum absolute atomic E-state index is 12.7. The Kier molecular flexibility index (Phi) is 5.29. The second-order valence-corrected chi connectivity index (χ2v) is 7.46. The highest BCUT2D eigenvalue weighted by molar-refractivity contribution is 9.10. The average Bonchev–Trinajstić information content (AvgIpc) is 2.51. The van der Waals surface area contributed by atoms with Crippen molar-refractivity contribution in [1.29, 1.82) is 0 Å². The maximum Gasteiger partial charge on any atom is 0.185 e. The van der Waals surface area contributed by atoms with Crippen LogP contribution in [0.1, 0.15) is 30.4 Å². The van der Waals surface area contributed by atoms with Crippen molar-refractivity contribution in [3.63, 3.8) is 0 Å². The zero-order chi connectivity index (χ0) is 16.2. The van der Waals surface area contributed by atoms with Gasteiger partial charge < -0.3 is 0 Å². The molecule has 2 aromatic rings. The fourth-order valence-electron chi connectivity index (χ4n) is 2.77. The van der Waals surface area contributed by atoms with Gasteiger partial charge in [-0.05, 0) is 66.8 Å². The van der Waals surface area contributed by atoms with Crippen LogP contribution in [0.5, 0.6) is 0 Å². The summed E-state index contributed by atoms with van der Waals surface area (Å²) in [6.07, 6.45) is 6.75. The Morgan fingerprint density at radius 3 is 1.70 bits per heavy atom. The summed E-state index contributed by atoms with van der Waals surface area (Å²) in [7, 11) is 0. The number of Topliss-reactive ketones (excluding diaryl/α,β-unsaturated/α-hetero) is 1. The highest BCUT2D eigenvalue weighted by Gasteiger charge is 2.20. The summed E-state index contributed by atoms with van der Waals surface area (Å²) in [4.78, 5) is 12.7. The third-order valence-corrected chi connectivity index (χ3v) is 4.84. The molecule has 0 atom stereocenters. The molecule has 0 unspecified atom stereocenters. The van der Waals surface area contributed by atoms with Crippen molar-refractivity contribution in [2.75, 3.05) is 0 Å². The average molecular weight is 432 g/mol. The SMILES string of the molecule is O=C1/C(=C\c2cccc(Br)c2)CCC/C1=C/c1cccc(Br)c1. The molecule has 0 saturated heterocycles. The van der Waals surface area contributed by atoms with E-state index in [-0.39, 0.29) is 5.78 Å². The van der Waals surface area contributed by atoms with E-state index in [1.165, 1.54) is 0 Å². The Morgan fingerprint density at radius 2 is 1.26 bits per heavy atom. The zero-order valence-corrected chi connectivity index (χ0v) is 15.7. The minimum Gasteiger partial charge on any atom is -0.289 e. The lowest BCUT2D eigenvalue weighted by atomic mass is 9.87. The molecule has 3 rings (SSSR count). The van der Waals surface area contributed by atoms with E-state index < -0.39 is 0 Å². The van der Waals surface area contributed by atoms with Crippen LogP contribution in [0.3, 0.4) is 0 Å². The van der Waals surface area contributed by atoms with Gasteiger partial charge in [0.15, 0.2) is 5.78 Å². The molecule has 3 heteroatoms. The number of hydrogen-bond donors (Lipinski definition) is 0. The topological polar surface area (TPSA) is 17.1 Å². The molecule has 1 fully saturated rings. The second kappa shape index (κ2) is 7.41. The smallest absolute Gasteiger partial charge is 0.185 e.